The summed E-state index contributed by atoms with van der Waals surface area (Å²) in [6.45, 7) is 3.61. The van der Waals surface area contributed by atoms with E-state index in [0.717, 1.165) is 32.1 Å². The quantitative estimate of drug-likeness (QED) is 0.632. The lowest BCUT2D eigenvalue weighted by Crippen LogP contribution is -2.21. The SMILES string of the molecule is CCCC(CN)c1ccc2c(c1)CC[C@H](COCCCC(F)(F)F)C2. The number of benzene rings is 1. The van der Waals surface area contributed by atoms with Gasteiger partial charge in [-0.25, -0.2) is 0 Å². The van der Waals surface area contributed by atoms with E-state index in [1.54, 1.807) is 0 Å². The monoisotopic (exact) mass is 357 g/mol. The summed E-state index contributed by atoms with van der Waals surface area (Å²) in [6.07, 6.45) is 0.466. The maximum Gasteiger partial charge on any atom is 0.389 e. The molecule has 1 unspecified atom stereocenters. The van der Waals surface area contributed by atoms with Crippen LogP contribution in [0.4, 0.5) is 13.2 Å². The summed E-state index contributed by atoms with van der Waals surface area (Å²) in [7, 11) is 0. The van der Waals surface area contributed by atoms with Gasteiger partial charge in [0.15, 0.2) is 0 Å². The molecule has 0 saturated heterocycles. The number of nitrogens with two attached hydrogens (primary N) is 1. The fourth-order valence-corrected chi connectivity index (χ4v) is 3.64. The highest BCUT2D eigenvalue weighted by atomic mass is 19.4. The molecule has 25 heavy (non-hydrogen) atoms. The van der Waals surface area contributed by atoms with E-state index in [9.17, 15) is 13.2 Å². The van der Waals surface area contributed by atoms with Crippen LogP contribution in [0.3, 0.4) is 0 Å². The first-order valence-electron chi connectivity index (χ1n) is 9.39. The molecule has 0 aromatic heterocycles. The number of aryl methyl sites for hydroxylation is 1. The number of hydrogen-bond donors (Lipinski definition) is 1. The Balaban J connectivity index is 1.81. The third-order valence-electron chi connectivity index (χ3n) is 5.06. The maximum atomic E-state index is 12.1. The van der Waals surface area contributed by atoms with E-state index in [1.807, 2.05) is 0 Å². The second kappa shape index (κ2) is 9.58. The molecule has 2 nitrogen and oxygen atoms in total. The number of ether oxygens (including phenoxy) is 1. The topological polar surface area (TPSA) is 35.2 Å². The fourth-order valence-electron chi connectivity index (χ4n) is 3.64. The molecule has 142 valence electrons. The molecule has 0 bridgehead atoms. The second-order valence-electron chi connectivity index (χ2n) is 7.15. The molecule has 2 atom stereocenters. The Morgan fingerprint density at radius 1 is 1.28 bits per heavy atom. The summed E-state index contributed by atoms with van der Waals surface area (Å²) in [5.41, 5.74) is 10.0. The third kappa shape index (κ3) is 6.63. The largest absolute Gasteiger partial charge is 0.389 e. The van der Waals surface area contributed by atoms with Gasteiger partial charge in [0.1, 0.15) is 0 Å². The zero-order chi connectivity index (χ0) is 18.3. The molecule has 0 aliphatic heterocycles. The molecule has 1 aliphatic carbocycles. The Morgan fingerprint density at radius 2 is 2.08 bits per heavy atom. The summed E-state index contributed by atoms with van der Waals surface area (Å²) in [4.78, 5) is 0. The van der Waals surface area contributed by atoms with Gasteiger partial charge >= 0.3 is 6.18 Å². The van der Waals surface area contributed by atoms with Crippen LogP contribution in [0, 0.1) is 5.92 Å². The predicted octanol–water partition coefficient (Wildman–Crippen LogP) is 4.99. The molecular weight excluding hydrogens is 327 g/mol. The lowest BCUT2D eigenvalue weighted by Gasteiger charge is -2.26. The van der Waals surface area contributed by atoms with Crippen LogP contribution in [-0.4, -0.2) is 25.9 Å². The van der Waals surface area contributed by atoms with E-state index >= 15 is 0 Å². The third-order valence-corrected chi connectivity index (χ3v) is 5.06. The molecular formula is C20H30F3NO. The fraction of sp³-hybridized carbons (Fsp3) is 0.700. The van der Waals surface area contributed by atoms with Crippen molar-refractivity contribution in [1.82, 2.24) is 0 Å². The lowest BCUT2D eigenvalue weighted by molar-refractivity contribution is -0.138. The summed E-state index contributed by atoms with van der Waals surface area (Å²) in [5.74, 6) is 0.843. The first kappa shape index (κ1) is 20.2. The first-order valence-corrected chi connectivity index (χ1v) is 9.39. The Labute approximate surface area is 148 Å². The van der Waals surface area contributed by atoms with Gasteiger partial charge < -0.3 is 10.5 Å². The van der Waals surface area contributed by atoms with E-state index in [0.29, 0.717) is 25.0 Å². The van der Waals surface area contributed by atoms with Gasteiger partial charge in [0, 0.05) is 19.6 Å². The predicted molar refractivity (Wildman–Crippen MR) is 94.8 cm³/mol. The van der Waals surface area contributed by atoms with Crippen molar-refractivity contribution >= 4 is 0 Å². The van der Waals surface area contributed by atoms with Crippen LogP contribution in [0.15, 0.2) is 18.2 Å². The highest BCUT2D eigenvalue weighted by molar-refractivity contribution is 5.36. The average molecular weight is 357 g/mol. The van der Waals surface area contributed by atoms with Crippen LogP contribution in [0.2, 0.25) is 0 Å². The number of alkyl halides is 3. The van der Waals surface area contributed by atoms with Gasteiger partial charge in [-0.1, -0.05) is 31.5 Å². The molecule has 1 aromatic rings. The lowest BCUT2D eigenvalue weighted by atomic mass is 9.82. The minimum Gasteiger partial charge on any atom is -0.381 e. The number of halogens is 3. The van der Waals surface area contributed by atoms with Crippen molar-refractivity contribution in [3.05, 3.63) is 34.9 Å². The normalized spacial score (nSPS) is 18.8. The summed E-state index contributed by atoms with van der Waals surface area (Å²) >= 11 is 0. The summed E-state index contributed by atoms with van der Waals surface area (Å²) in [5, 5.41) is 0. The van der Waals surface area contributed by atoms with Crippen LogP contribution < -0.4 is 5.73 Å². The zero-order valence-corrected chi connectivity index (χ0v) is 15.1. The van der Waals surface area contributed by atoms with Crippen molar-refractivity contribution in [2.75, 3.05) is 19.8 Å². The molecule has 1 aliphatic rings. The highest BCUT2D eigenvalue weighted by Crippen LogP contribution is 2.30. The maximum absolute atomic E-state index is 12.1. The van der Waals surface area contributed by atoms with Crippen molar-refractivity contribution in [2.24, 2.45) is 11.7 Å². The Hall–Kier alpha value is -1.07. The van der Waals surface area contributed by atoms with Gasteiger partial charge in [0.25, 0.3) is 0 Å². The van der Waals surface area contributed by atoms with Crippen molar-refractivity contribution < 1.29 is 17.9 Å². The molecule has 0 spiro atoms. The highest BCUT2D eigenvalue weighted by Gasteiger charge is 2.26. The van der Waals surface area contributed by atoms with Gasteiger partial charge in [-0.2, -0.15) is 13.2 Å². The molecule has 0 amide bonds. The number of fused-ring (bicyclic) bond motifs is 1. The van der Waals surface area contributed by atoms with Crippen LogP contribution in [-0.2, 0) is 17.6 Å². The van der Waals surface area contributed by atoms with Gasteiger partial charge in [0.05, 0.1) is 0 Å². The smallest absolute Gasteiger partial charge is 0.381 e. The minimum absolute atomic E-state index is 0.0497. The van der Waals surface area contributed by atoms with Crippen LogP contribution in [0.5, 0.6) is 0 Å². The first-order chi connectivity index (χ1) is 11.9. The Kier molecular flexibility index (Phi) is 7.76. The van der Waals surface area contributed by atoms with Crippen LogP contribution >= 0.6 is 0 Å². The molecule has 0 fully saturated rings. The van der Waals surface area contributed by atoms with Gasteiger partial charge in [-0.3, -0.25) is 0 Å². The molecule has 2 rings (SSSR count). The van der Waals surface area contributed by atoms with E-state index in [1.165, 1.54) is 16.7 Å². The molecule has 2 N–H and O–H groups in total. The van der Waals surface area contributed by atoms with Crippen molar-refractivity contribution in [3.63, 3.8) is 0 Å². The van der Waals surface area contributed by atoms with E-state index < -0.39 is 12.6 Å². The summed E-state index contributed by atoms with van der Waals surface area (Å²) in [6, 6.07) is 6.71. The van der Waals surface area contributed by atoms with Crippen LogP contribution in [0.25, 0.3) is 0 Å². The zero-order valence-electron chi connectivity index (χ0n) is 15.1. The van der Waals surface area contributed by atoms with Gasteiger partial charge in [0.2, 0.25) is 0 Å². The molecule has 0 radical (unpaired) electrons. The summed E-state index contributed by atoms with van der Waals surface area (Å²) < 4.78 is 41.8. The van der Waals surface area contributed by atoms with E-state index in [2.05, 4.69) is 25.1 Å². The van der Waals surface area contributed by atoms with Gasteiger partial charge in [-0.05, 0) is 67.2 Å². The van der Waals surface area contributed by atoms with Gasteiger partial charge in [-0.15, -0.1) is 0 Å². The minimum atomic E-state index is -4.08. The van der Waals surface area contributed by atoms with Crippen LogP contribution in [0.1, 0.15) is 61.6 Å². The average Bonchev–Trinajstić information content (AvgIpc) is 2.58. The molecule has 0 saturated carbocycles. The van der Waals surface area contributed by atoms with E-state index in [-0.39, 0.29) is 13.0 Å². The van der Waals surface area contributed by atoms with E-state index in [4.69, 9.17) is 10.5 Å². The Morgan fingerprint density at radius 3 is 2.76 bits per heavy atom. The molecule has 1 aromatic carbocycles. The second-order valence-corrected chi connectivity index (χ2v) is 7.15. The molecule has 0 heterocycles. The standard InChI is InChI=1S/C20H30F3NO/c1-2-4-19(13-24)18-8-7-16-11-15(5-6-17(16)12-18)14-25-10-3-9-20(21,22)23/h7-8,12,15,19H,2-6,9-11,13-14,24H2,1H3/t15-,19?/m0/s1. The van der Waals surface area contributed by atoms with Crippen molar-refractivity contribution in [1.29, 1.82) is 0 Å². The van der Waals surface area contributed by atoms with Crippen molar-refractivity contribution in [2.45, 2.75) is 64.0 Å². The Bertz CT molecular complexity index is 530. The number of rotatable bonds is 9. The number of hydrogen-bond acceptors (Lipinski definition) is 2. The van der Waals surface area contributed by atoms with Crippen molar-refractivity contribution in [3.8, 4) is 0 Å². The molecule has 5 heteroatoms.